The number of carbonyl (C=O) groups is 1. The van der Waals surface area contributed by atoms with Crippen molar-refractivity contribution in [3.8, 4) is 0 Å². The van der Waals surface area contributed by atoms with E-state index in [9.17, 15) is 25.0 Å². The predicted octanol–water partition coefficient (Wildman–Crippen LogP) is 2.56. The smallest absolute Gasteiger partial charge is 0.277 e. The van der Waals surface area contributed by atoms with E-state index in [0.29, 0.717) is 5.69 Å². The molecule has 2 aromatic carbocycles. The van der Waals surface area contributed by atoms with Gasteiger partial charge in [0.05, 0.1) is 21.5 Å². The van der Waals surface area contributed by atoms with Gasteiger partial charge in [-0.3, -0.25) is 25.0 Å². The Hall–Kier alpha value is -3.29. The van der Waals surface area contributed by atoms with E-state index >= 15 is 0 Å². The summed E-state index contributed by atoms with van der Waals surface area (Å²) in [7, 11) is 0. The monoisotopic (exact) mass is 286 g/mol. The van der Waals surface area contributed by atoms with Crippen LogP contribution in [0.15, 0.2) is 42.5 Å². The highest BCUT2D eigenvalue weighted by Gasteiger charge is 2.19. The Kier molecular flexibility index (Phi) is 3.89. The van der Waals surface area contributed by atoms with Crippen molar-refractivity contribution in [2.75, 3.05) is 5.32 Å². The van der Waals surface area contributed by atoms with E-state index in [1.54, 1.807) is 24.3 Å². The number of non-ortho nitro benzene ring substituents is 2. The molecule has 0 heterocycles. The average molecular weight is 286 g/mol. The molecule has 8 heteroatoms. The van der Waals surface area contributed by atoms with Crippen LogP contribution in [0.2, 0.25) is 0 Å². The van der Waals surface area contributed by atoms with Crippen LogP contribution in [0.3, 0.4) is 0 Å². The van der Waals surface area contributed by atoms with E-state index in [1.165, 1.54) is 0 Å². The van der Waals surface area contributed by atoms with Gasteiger partial charge in [0.15, 0.2) is 0 Å². The third kappa shape index (κ3) is 3.38. The first-order chi connectivity index (χ1) is 9.97. The van der Waals surface area contributed by atoms with E-state index in [-0.39, 0.29) is 5.56 Å². The van der Waals surface area contributed by atoms with E-state index in [0.717, 1.165) is 18.2 Å². The second kappa shape index (κ2) is 5.78. The molecule has 0 fully saturated rings. The molecule has 0 bridgehead atoms. The van der Waals surface area contributed by atoms with Gasteiger partial charge in [0.25, 0.3) is 17.3 Å². The van der Waals surface area contributed by atoms with Crippen LogP contribution in [0, 0.1) is 26.3 Å². The second-order valence-corrected chi connectivity index (χ2v) is 3.98. The number of nitrogens with one attached hydrogen (secondary N) is 1. The number of hydrogen-bond donors (Lipinski definition) is 1. The molecule has 0 aliphatic heterocycles. The third-order valence-electron chi connectivity index (χ3n) is 2.54. The van der Waals surface area contributed by atoms with Crippen LogP contribution in [0.4, 0.5) is 17.1 Å². The number of benzene rings is 2. The lowest BCUT2D eigenvalue weighted by atomic mass is 10.1. The van der Waals surface area contributed by atoms with Gasteiger partial charge in [0.1, 0.15) is 0 Å². The summed E-state index contributed by atoms with van der Waals surface area (Å²) in [4.78, 5) is 31.9. The summed E-state index contributed by atoms with van der Waals surface area (Å²) >= 11 is 0. The van der Waals surface area contributed by atoms with Gasteiger partial charge < -0.3 is 5.32 Å². The van der Waals surface area contributed by atoms with Gasteiger partial charge in [-0.2, -0.15) is 0 Å². The number of amides is 1. The van der Waals surface area contributed by atoms with Crippen molar-refractivity contribution in [2.24, 2.45) is 0 Å². The summed E-state index contributed by atoms with van der Waals surface area (Å²) < 4.78 is 0. The maximum absolute atomic E-state index is 12.0. The summed E-state index contributed by atoms with van der Waals surface area (Å²) in [6.45, 7) is 0. The second-order valence-electron chi connectivity index (χ2n) is 3.98. The average Bonchev–Trinajstić information content (AvgIpc) is 2.47. The molecule has 1 radical (unpaired) electrons. The largest absolute Gasteiger partial charge is 0.321 e. The van der Waals surface area contributed by atoms with Crippen LogP contribution in [-0.2, 0) is 0 Å². The Bertz CT molecular complexity index is 683. The molecule has 0 aliphatic rings. The van der Waals surface area contributed by atoms with E-state index in [4.69, 9.17) is 0 Å². The van der Waals surface area contributed by atoms with E-state index in [1.807, 2.05) is 0 Å². The summed E-state index contributed by atoms with van der Waals surface area (Å²) in [6.07, 6.45) is 0. The van der Waals surface area contributed by atoms with Crippen molar-refractivity contribution >= 4 is 23.0 Å². The summed E-state index contributed by atoms with van der Waals surface area (Å²) in [5.74, 6) is -0.691. The Balaban J connectivity index is 2.36. The van der Waals surface area contributed by atoms with Gasteiger partial charge in [-0.1, -0.05) is 18.2 Å². The Morgan fingerprint density at radius 2 is 1.67 bits per heavy atom. The van der Waals surface area contributed by atoms with Crippen LogP contribution >= 0.6 is 0 Å². The quantitative estimate of drug-likeness (QED) is 0.684. The highest BCUT2D eigenvalue weighted by molar-refractivity contribution is 6.05. The van der Waals surface area contributed by atoms with Crippen molar-refractivity contribution in [3.05, 3.63) is 74.3 Å². The van der Waals surface area contributed by atoms with Crippen LogP contribution in [0.25, 0.3) is 0 Å². The van der Waals surface area contributed by atoms with E-state index in [2.05, 4.69) is 11.4 Å². The molecular formula is C13H8N3O5. The van der Waals surface area contributed by atoms with Gasteiger partial charge >= 0.3 is 0 Å². The van der Waals surface area contributed by atoms with Crippen molar-refractivity contribution in [2.45, 2.75) is 0 Å². The molecule has 8 nitrogen and oxygen atoms in total. The first-order valence-electron chi connectivity index (χ1n) is 5.69. The van der Waals surface area contributed by atoms with Crippen molar-refractivity contribution < 1.29 is 14.6 Å². The summed E-state index contributed by atoms with van der Waals surface area (Å²) in [5, 5.41) is 24.0. The fraction of sp³-hybridized carbons (Fsp3) is 0. The number of nitrogens with zero attached hydrogens (tertiary/aromatic N) is 2. The van der Waals surface area contributed by atoms with Crippen LogP contribution in [0.5, 0.6) is 0 Å². The molecule has 0 unspecified atom stereocenters. The van der Waals surface area contributed by atoms with Crippen molar-refractivity contribution in [1.29, 1.82) is 0 Å². The molecule has 2 aromatic rings. The van der Waals surface area contributed by atoms with Crippen LogP contribution < -0.4 is 5.32 Å². The van der Waals surface area contributed by atoms with E-state index < -0.39 is 27.1 Å². The molecule has 105 valence electrons. The molecule has 0 aromatic heterocycles. The lowest BCUT2D eigenvalue weighted by Gasteiger charge is -2.04. The first kappa shape index (κ1) is 14.1. The van der Waals surface area contributed by atoms with Gasteiger partial charge in [0.2, 0.25) is 0 Å². The number of hydrogen-bond acceptors (Lipinski definition) is 5. The van der Waals surface area contributed by atoms with Gasteiger partial charge in [-0.05, 0) is 6.07 Å². The lowest BCUT2D eigenvalue weighted by molar-refractivity contribution is -0.394. The zero-order valence-corrected chi connectivity index (χ0v) is 10.5. The first-order valence-corrected chi connectivity index (χ1v) is 5.69. The lowest BCUT2D eigenvalue weighted by Crippen LogP contribution is -2.12. The molecule has 1 N–H and O–H groups in total. The van der Waals surface area contributed by atoms with Gasteiger partial charge in [0, 0.05) is 23.9 Å². The Morgan fingerprint density at radius 3 is 2.14 bits per heavy atom. The molecule has 0 aliphatic carbocycles. The van der Waals surface area contributed by atoms with Gasteiger partial charge in [-0.25, -0.2) is 0 Å². The molecule has 0 saturated carbocycles. The minimum absolute atomic E-state index is 0.173. The maximum atomic E-state index is 12.0. The SMILES string of the molecule is O=C(Nc1[c]cccc1)c1cc([N+](=O)[O-])cc([N+](=O)[O-])c1. The third-order valence-corrected chi connectivity index (χ3v) is 2.54. The van der Waals surface area contributed by atoms with Crippen molar-refractivity contribution in [1.82, 2.24) is 0 Å². The topological polar surface area (TPSA) is 115 Å². The number of nitro benzene ring substituents is 2. The molecule has 0 spiro atoms. The minimum Gasteiger partial charge on any atom is -0.321 e. The Morgan fingerprint density at radius 1 is 1.05 bits per heavy atom. The summed E-state index contributed by atoms with van der Waals surface area (Å²) in [6, 6.07) is 12.0. The maximum Gasteiger partial charge on any atom is 0.277 e. The normalized spacial score (nSPS) is 9.90. The molecule has 1 amide bonds. The van der Waals surface area contributed by atoms with Crippen molar-refractivity contribution in [3.63, 3.8) is 0 Å². The number of nitro groups is 2. The summed E-state index contributed by atoms with van der Waals surface area (Å²) in [5.41, 5.74) is -0.859. The Labute approximate surface area is 118 Å². The number of anilines is 1. The van der Waals surface area contributed by atoms with Crippen LogP contribution in [-0.4, -0.2) is 15.8 Å². The number of carbonyl (C=O) groups excluding carboxylic acids is 1. The fourth-order valence-corrected chi connectivity index (χ4v) is 1.60. The highest BCUT2D eigenvalue weighted by atomic mass is 16.6. The molecule has 0 saturated heterocycles. The standard InChI is InChI=1S/C13H8N3O5/c17-13(14-10-4-2-1-3-5-10)9-6-11(15(18)19)8-12(7-9)16(20)21/h1-4,6-8H,(H,14,17). The van der Waals surface area contributed by atoms with Crippen LogP contribution in [0.1, 0.15) is 10.4 Å². The van der Waals surface area contributed by atoms with Gasteiger partial charge in [-0.15, -0.1) is 0 Å². The number of para-hydroxylation sites is 1. The molecule has 2 rings (SSSR count). The predicted molar refractivity (Wildman–Crippen MR) is 73.0 cm³/mol. The molecular weight excluding hydrogens is 278 g/mol. The zero-order chi connectivity index (χ0) is 15.4. The minimum atomic E-state index is -0.793. The molecule has 21 heavy (non-hydrogen) atoms. The zero-order valence-electron chi connectivity index (χ0n) is 10.5. The fourth-order valence-electron chi connectivity index (χ4n) is 1.60. The molecule has 0 atom stereocenters. The highest BCUT2D eigenvalue weighted by Crippen LogP contribution is 2.23. The number of rotatable bonds is 4.